The van der Waals surface area contributed by atoms with Crippen LogP contribution < -0.4 is 0 Å². The average molecular weight is 328 g/mol. The Kier molecular flexibility index (Phi) is 3.25. The molecule has 0 unspecified atom stereocenters. The van der Waals surface area contributed by atoms with E-state index in [0.29, 0.717) is 13.1 Å². The van der Waals surface area contributed by atoms with Gasteiger partial charge >= 0.3 is 0 Å². The van der Waals surface area contributed by atoms with Crippen LogP contribution in [0.25, 0.3) is 0 Å². The van der Waals surface area contributed by atoms with Crippen molar-refractivity contribution in [3.8, 4) is 0 Å². The van der Waals surface area contributed by atoms with Crippen molar-refractivity contribution in [1.82, 2.24) is 19.8 Å². The Morgan fingerprint density at radius 3 is 2.88 bits per heavy atom. The highest BCUT2D eigenvalue weighted by atomic mass is 16.5. The number of hydrogen-bond donors (Lipinski definition) is 0. The SMILES string of the molecule is Cc1cnc(CN2C[C@]34C=C[C@H](O3)[C@@H](C(=O)N(C)C)[C@H]4C2=O)cn1. The van der Waals surface area contributed by atoms with Gasteiger partial charge in [-0.2, -0.15) is 0 Å². The summed E-state index contributed by atoms with van der Waals surface area (Å²) >= 11 is 0. The lowest BCUT2D eigenvalue weighted by Gasteiger charge is -2.25. The molecule has 4 heterocycles. The molecule has 7 nitrogen and oxygen atoms in total. The summed E-state index contributed by atoms with van der Waals surface area (Å²) < 4.78 is 6.07. The third-order valence-electron chi connectivity index (χ3n) is 5.09. The molecule has 24 heavy (non-hydrogen) atoms. The second-order valence-electron chi connectivity index (χ2n) is 6.98. The molecule has 0 aliphatic carbocycles. The van der Waals surface area contributed by atoms with Gasteiger partial charge in [0.25, 0.3) is 0 Å². The lowest BCUT2D eigenvalue weighted by molar-refractivity contribution is -0.141. The molecule has 1 aromatic heterocycles. The van der Waals surface area contributed by atoms with E-state index >= 15 is 0 Å². The van der Waals surface area contributed by atoms with Crippen LogP contribution in [0, 0.1) is 18.8 Å². The standard InChI is InChI=1S/C17H20N4O3/c1-10-6-19-11(7-18-10)8-21-9-17-5-4-12(24-17)13(14(17)16(21)23)15(22)20(2)3/h4-7,12-14H,8-9H2,1-3H3/t12-,13+,14-,17-/m0/s1. The fourth-order valence-corrected chi connectivity index (χ4v) is 3.99. The van der Waals surface area contributed by atoms with Crippen molar-refractivity contribution in [2.45, 2.75) is 25.2 Å². The van der Waals surface area contributed by atoms with E-state index in [-0.39, 0.29) is 17.9 Å². The molecule has 4 atom stereocenters. The quantitative estimate of drug-likeness (QED) is 0.739. The Labute approximate surface area is 140 Å². The first kappa shape index (κ1) is 15.3. The van der Waals surface area contributed by atoms with Crippen LogP contribution in [0.5, 0.6) is 0 Å². The molecule has 2 saturated heterocycles. The highest BCUT2D eigenvalue weighted by molar-refractivity contribution is 5.92. The first-order valence-corrected chi connectivity index (χ1v) is 8.06. The molecule has 126 valence electrons. The number of ether oxygens (including phenoxy) is 1. The van der Waals surface area contributed by atoms with E-state index in [4.69, 9.17) is 4.74 Å². The van der Waals surface area contributed by atoms with Crippen LogP contribution in [0.15, 0.2) is 24.5 Å². The number of carbonyl (C=O) groups excluding carboxylic acids is 2. The molecule has 0 aromatic carbocycles. The van der Waals surface area contributed by atoms with Crippen molar-refractivity contribution in [2.75, 3.05) is 20.6 Å². The number of aromatic nitrogens is 2. The van der Waals surface area contributed by atoms with E-state index < -0.39 is 17.4 Å². The summed E-state index contributed by atoms with van der Waals surface area (Å²) in [5.41, 5.74) is 0.902. The van der Waals surface area contributed by atoms with Crippen LogP contribution in [0.1, 0.15) is 11.4 Å². The van der Waals surface area contributed by atoms with Gasteiger partial charge in [-0.25, -0.2) is 0 Å². The second kappa shape index (κ2) is 5.11. The number of aryl methyl sites for hydroxylation is 1. The minimum atomic E-state index is -0.670. The maximum absolute atomic E-state index is 13.0. The zero-order valence-electron chi connectivity index (χ0n) is 14.0. The van der Waals surface area contributed by atoms with E-state index in [0.717, 1.165) is 11.4 Å². The van der Waals surface area contributed by atoms with Crippen LogP contribution in [0.3, 0.4) is 0 Å². The number of nitrogens with zero attached hydrogens (tertiary/aromatic N) is 4. The number of rotatable bonds is 3. The fraction of sp³-hybridized carbons (Fsp3) is 0.529. The van der Waals surface area contributed by atoms with Gasteiger partial charge in [-0.1, -0.05) is 12.2 Å². The van der Waals surface area contributed by atoms with Crippen molar-refractivity contribution < 1.29 is 14.3 Å². The van der Waals surface area contributed by atoms with Crippen LogP contribution in [-0.2, 0) is 20.9 Å². The second-order valence-corrected chi connectivity index (χ2v) is 6.98. The summed E-state index contributed by atoms with van der Waals surface area (Å²) in [7, 11) is 3.42. The van der Waals surface area contributed by atoms with E-state index in [9.17, 15) is 9.59 Å². The summed E-state index contributed by atoms with van der Waals surface area (Å²) in [5.74, 6) is -0.974. The fourth-order valence-electron chi connectivity index (χ4n) is 3.99. The molecule has 4 rings (SSSR count). The minimum Gasteiger partial charge on any atom is -0.360 e. The average Bonchev–Trinajstić information content (AvgIpc) is 3.17. The Balaban J connectivity index is 1.60. The van der Waals surface area contributed by atoms with Crippen molar-refractivity contribution in [3.63, 3.8) is 0 Å². The summed E-state index contributed by atoms with van der Waals surface area (Å²) in [5, 5.41) is 0. The maximum Gasteiger partial charge on any atom is 0.230 e. The van der Waals surface area contributed by atoms with Gasteiger partial charge in [0, 0.05) is 20.3 Å². The van der Waals surface area contributed by atoms with Gasteiger partial charge in [0.15, 0.2) is 0 Å². The maximum atomic E-state index is 13.0. The monoisotopic (exact) mass is 328 g/mol. The van der Waals surface area contributed by atoms with Crippen LogP contribution in [0.4, 0.5) is 0 Å². The van der Waals surface area contributed by atoms with Gasteiger partial charge in [-0.05, 0) is 6.92 Å². The van der Waals surface area contributed by atoms with Crippen molar-refractivity contribution in [3.05, 3.63) is 35.9 Å². The molecular weight excluding hydrogens is 308 g/mol. The Morgan fingerprint density at radius 2 is 2.21 bits per heavy atom. The number of hydrogen-bond acceptors (Lipinski definition) is 5. The normalized spacial score (nSPS) is 33.2. The topological polar surface area (TPSA) is 75.6 Å². The van der Waals surface area contributed by atoms with E-state index in [2.05, 4.69) is 9.97 Å². The molecule has 1 spiro atoms. The molecule has 1 aromatic rings. The summed E-state index contributed by atoms with van der Waals surface area (Å²) in [4.78, 5) is 37.3. The molecule has 3 aliphatic heterocycles. The summed E-state index contributed by atoms with van der Waals surface area (Å²) in [6, 6.07) is 0. The van der Waals surface area contributed by atoms with Gasteiger partial charge in [-0.3, -0.25) is 19.6 Å². The smallest absolute Gasteiger partial charge is 0.230 e. The largest absolute Gasteiger partial charge is 0.360 e. The first-order valence-electron chi connectivity index (χ1n) is 8.06. The van der Waals surface area contributed by atoms with E-state index in [1.165, 1.54) is 4.90 Å². The van der Waals surface area contributed by atoms with E-state index in [1.807, 2.05) is 19.1 Å². The van der Waals surface area contributed by atoms with Crippen molar-refractivity contribution in [2.24, 2.45) is 11.8 Å². The summed E-state index contributed by atoms with van der Waals surface area (Å²) in [6.07, 6.45) is 6.96. The highest BCUT2D eigenvalue weighted by Gasteiger charge is 2.66. The van der Waals surface area contributed by atoms with Gasteiger partial charge in [0.05, 0.1) is 48.6 Å². The number of likely N-dealkylation sites (tertiary alicyclic amines) is 1. The number of fused-ring (bicyclic) bond motifs is 1. The molecular formula is C17H20N4O3. The highest BCUT2D eigenvalue weighted by Crippen LogP contribution is 2.52. The lowest BCUT2D eigenvalue weighted by atomic mass is 9.76. The van der Waals surface area contributed by atoms with Gasteiger partial charge in [0.1, 0.15) is 5.60 Å². The van der Waals surface area contributed by atoms with Crippen LogP contribution >= 0.6 is 0 Å². The zero-order valence-corrected chi connectivity index (χ0v) is 14.0. The predicted molar refractivity (Wildman–Crippen MR) is 84.6 cm³/mol. The third kappa shape index (κ3) is 2.07. The molecule has 2 amide bonds. The molecule has 0 saturated carbocycles. The minimum absolute atomic E-state index is 0.0376. The Hall–Kier alpha value is -2.28. The number of amides is 2. The zero-order chi connectivity index (χ0) is 17.1. The molecule has 0 N–H and O–H groups in total. The molecule has 2 bridgehead atoms. The molecule has 3 aliphatic rings. The van der Waals surface area contributed by atoms with Gasteiger partial charge < -0.3 is 14.5 Å². The Morgan fingerprint density at radius 1 is 1.42 bits per heavy atom. The summed E-state index contributed by atoms with van der Waals surface area (Å²) in [6.45, 7) is 2.71. The predicted octanol–water partition coefficient (Wildman–Crippen LogP) is 0.155. The third-order valence-corrected chi connectivity index (χ3v) is 5.09. The van der Waals surface area contributed by atoms with Crippen molar-refractivity contribution in [1.29, 1.82) is 0 Å². The van der Waals surface area contributed by atoms with Crippen LogP contribution in [0.2, 0.25) is 0 Å². The Bertz CT molecular complexity index is 730. The molecule has 7 heteroatoms. The molecule has 0 radical (unpaired) electrons. The van der Waals surface area contributed by atoms with Crippen LogP contribution in [-0.4, -0.2) is 63.9 Å². The lowest BCUT2D eigenvalue weighted by Crippen LogP contribution is -2.43. The first-order chi connectivity index (χ1) is 11.4. The van der Waals surface area contributed by atoms with Gasteiger partial charge in [0.2, 0.25) is 11.8 Å². The van der Waals surface area contributed by atoms with E-state index in [1.54, 1.807) is 31.4 Å². The van der Waals surface area contributed by atoms with Gasteiger partial charge in [-0.15, -0.1) is 0 Å². The molecule has 2 fully saturated rings. The van der Waals surface area contributed by atoms with Crippen molar-refractivity contribution >= 4 is 11.8 Å². The number of carbonyl (C=O) groups is 2.